The van der Waals surface area contributed by atoms with Gasteiger partial charge in [-0.2, -0.15) is 0 Å². The van der Waals surface area contributed by atoms with Crippen molar-refractivity contribution < 1.29 is 4.79 Å². The average molecular weight is 426 g/mol. The Hall–Kier alpha value is -2.84. The number of anilines is 1. The third-order valence-corrected chi connectivity index (χ3v) is 6.10. The molecule has 0 fully saturated rings. The molecule has 3 rings (SSSR count). The van der Waals surface area contributed by atoms with Gasteiger partial charge in [-0.15, -0.1) is 23.1 Å². The number of thioether (sulfide) groups is 1. The summed E-state index contributed by atoms with van der Waals surface area (Å²) in [6.07, 6.45) is 5.16. The fraction of sp³-hybridized carbons (Fsp3) is 0.190. The van der Waals surface area contributed by atoms with E-state index in [-0.39, 0.29) is 5.96 Å². The van der Waals surface area contributed by atoms with E-state index >= 15 is 0 Å². The fourth-order valence-electron chi connectivity index (χ4n) is 2.91. The topological polar surface area (TPSA) is 106 Å². The lowest BCUT2D eigenvalue weighted by atomic mass is 10.0. The number of aryl methyl sites for hydroxylation is 2. The summed E-state index contributed by atoms with van der Waals surface area (Å²) in [5.41, 5.74) is 15.0. The number of nitrogens with two attached hydrogens (primary N) is 2. The number of benzene rings is 2. The van der Waals surface area contributed by atoms with Crippen LogP contribution in [0.4, 0.5) is 10.8 Å². The molecule has 29 heavy (non-hydrogen) atoms. The molecule has 1 heterocycles. The minimum absolute atomic E-state index is 0.0469. The normalized spacial score (nSPS) is 10.5. The molecule has 0 unspecified atom stereocenters. The van der Waals surface area contributed by atoms with Crippen LogP contribution in [0.3, 0.4) is 0 Å². The molecule has 150 valence electrons. The number of hydrogen-bond acceptors (Lipinski definition) is 5. The van der Waals surface area contributed by atoms with Crippen LogP contribution in [0.1, 0.15) is 21.7 Å². The van der Waals surface area contributed by atoms with Gasteiger partial charge in [0.15, 0.2) is 11.1 Å². The van der Waals surface area contributed by atoms with Crippen molar-refractivity contribution in [3.63, 3.8) is 0 Å². The zero-order chi connectivity index (χ0) is 20.6. The summed E-state index contributed by atoms with van der Waals surface area (Å²) in [4.78, 5) is 21.9. The first-order valence-electron chi connectivity index (χ1n) is 9.07. The molecule has 2 aromatic carbocycles. The van der Waals surface area contributed by atoms with E-state index in [2.05, 4.69) is 45.8 Å². The van der Waals surface area contributed by atoms with Crippen LogP contribution in [0.15, 0.2) is 58.4 Å². The maximum Gasteiger partial charge on any atom is 0.213 e. The molecule has 6 nitrogen and oxygen atoms in total. The first-order valence-corrected chi connectivity index (χ1v) is 11.1. The van der Waals surface area contributed by atoms with E-state index in [4.69, 9.17) is 11.5 Å². The van der Waals surface area contributed by atoms with Gasteiger partial charge in [-0.3, -0.25) is 4.79 Å². The summed E-state index contributed by atoms with van der Waals surface area (Å²) >= 11 is 3.26. The van der Waals surface area contributed by atoms with Crippen molar-refractivity contribution in [1.82, 2.24) is 4.98 Å². The molecule has 3 aromatic rings. The minimum Gasteiger partial charge on any atom is -0.370 e. The van der Waals surface area contributed by atoms with Crippen LogP contribution in [0.2, 0.25) is 0 Å². The van der Waals surface area contributed by atoms with Crippen LogP contribution in [-0.2, 0) is 24.1 Å². The summed E-state index contributed by atoms with van der Waals surface area (Å²) in [6, 6.07) is 16.4. The summed E-state index contributed by atoms with van der Waals surface area (Å²) in [6.45, 7) is 0. The molecule has 0 spiro atoms. The van der Waals surface area contributed by atoms with E-state index in [0.717, 1.165) is 30.6 Å². The lowest BCUT2D eigenvalue weighted by Crippen LogP contribution is -2.21. The first kappa shape index (κ1) is 20.9. The molecule has 0 aliphatic rings. The van der Waals surface area contributed by atoms with Crippen molar-refractivity contribution >= 4 is 46.3 Å². The first-order chi connectivity index (χ1) is 14.1. The fourth-order valence-corrected chi connectivity index (χ4v) is 4.32. The maximum absolute atomic E-state index is 10.8. The number of carbonyl (C=O) groups excluding carboxylic acids is 1. The van der Waals surface area contributed by atoms with Gasteiger partial charge in [0.2, 0.25) is 6.41 Å². The Morgan fingerprint density at radius 3 is 2.41 bits per heavy atom. The largest absolute Gasteiger partial charge is 0.370 e. The Kier molecular flexibility index (Phi) is 7.26. The van der Waals surface area contributed by atoms with Crippen molar-refractivity contribution in [3.05, 3.63) is 70.2 Å². The highest BCUT2D eigenvalue weighted by Gasteiger charge is 2.12. The number of guanidine groups is 1. The van der Waals surface area contributed by atoms with Crippen LogP contribution < -0.4 is 16.8 Å². The highest BCUT2D eigenvalue weighted by Crippen LogP contribution is 2.27. The van der Waals surface area contributed by atoms with Gasteiger partial charge in [-0.05, 0) is 54.5 Å². The molecule has 0 aliphatic heterocycles. The van der Waals surface area contributed by atoms with Crippen molar-refractivity contribution in [1.29, 1.82) is 0 Å². The van der Waals surface area contributed by atoms with Crippen LogP contribution in [0.25, 0.3) is 0 Å². The van der Waals surface area contributed by atoms with Crippen LogP contribution in [-0.4, -0.2) is 23.6 Å². The second-order valence-electron chi connectivity index (χ2n) is 6.38. The molecule has 8 heteroatoms. The summed E-state index contributed by atoms with van der Waals surface area (Å²) < 4.78 is 0. The van der Waals surface area contributed by atoms with Gasteiger partial charge in [0.25, 0.3) is 0 Å². The molecular weight excluding hydrogens is 402 g/mol. The number of rotatable bonds is 9. The number of amides is 1. The molecule has 1 amide bonds. The Labute approximate surface area is 178 Å². The van der Waals surface area contributed by atoms with Crippen LogP contribution in [0, 0.1) is 0 Å². The number of carbonyl (C=O) groups is 1. The van der Waals surface area contributed by atoms with Crippen LogP contribution in [0.5, 0.6) is 0 Å². The molecule has 0 aliphatic carbocycles. The van der Waals surface area contributed by atoms with Gasteiger partial charge in [-0.1, -0.05) is 24.3 Å². The quantitative estimate of drug-likeness (QED) is 0.210. The van der Waals surface area contributed by atoms with E-state index < -0.39 is 0 Å². The van der Waals surface area contributed by atoms with Crippen molar-refractivity contribution in [2.45, 2.75) is 24.2 Å². The molecule has 0 atom stereocenters. The predicted molar refractivity (Wildman–Crippen MR) is 122 cm³/mol. The zero-order valence-electron chi connectivity index (χ0n) is 16.1. The van der Waals surface area contributed by atoms with Gasteiger partial charge in [-0.25, -0.2) is 9.98 Å². The number of thiazole rings is 1. The second kappa shape index (κ2) is 10.1. The summed E-state index contributed by atoms with van der Waals surface area (Å²) in [5, 5.41) is 3.31. The number of nitrogens with one attached hydrogen (secondary N) is 1. The van der Waals surface area contributed by atoms with Gasteiger partial charge in [0.1, 0.15) is 0 Å². The lowest BCUT2D eigenvalue weighted by Gasteiger charge is -2.05. The average Bonchev–Trinajstić information content (AvgIpc) is 3.09. The van der Waals surface area contributed by atoms with Crippen molar-refractivity contribution in [2.75, 3.05) is 11.6 Å². The van der Waals surface area contributed by atoms with E-state index in [0.29, 0.717) is 11.5 Å². The van der Waals surface area contributed by atoms with Crippen molar-refractivity contribution in [3.8, 4) is 0 Å². The smallest absolute Gasteiger partial charge is 0.213 e. The van der Waals surface area contributed by atoms with E-state index in [1.54, 1.807) is 11.8 Å². The Bertz CT molecular complexity index is 977. The molecule has 0 saturated carbocycles. The monoisotopic (exact) mass is 425 g/mol. The molecule has 0 bridgehead atoms. The van der Waals surface area contributed by atoms with E-state index in [1.807, 2.05) is 24.3 Å². The molecule has 0 radical (unpaired) electrons. The highest BCUT2D eigenvalue weighted by atomic mass is 32.2. The SMILES string of the molecule is CSc1ccc(Cc2sc(NC=O)nc2CCc2ccc(N=C(N)N)cc2)cc1. The molecule has 5 N–H and O–H groups in total. The second-order valence-corrected chi connectivity index (χ2v) is 8.34. The standard InChI is InChI=1S/C21H23N5OS2/c1-28-17-9-4-15(5-10-17)12-19-18(26-21(29-19)24-13-27)11-6-14-2-7-16(8-3-14)25-20(22)23/h2-5,7-10,13H,6,11-12H2,1H3,(H4,22,23,25)(H,24,26,27). The van der Waals surface area contributed by atoms with Crippen LogP contribution >= 0.6 is 23.1 Å². The van der Waals surface area contributed by atoms with E-state index in [9.17, 15) is 4.79 Å². The molecule has 0 saturated heterocycles. The van der Waals surface area contributed by atoms with Gasteiger partial charge >= 0.3 is 0 Å². The number of aromatic nitrogens is 1. The molecule has 1 aromatic heterocycles. The Morgan fingerprint density at radius 1 is 1.10 bits per heavy atom. The Morgan fingerprint density at radius 2 is 1.79 bits per heavy atom. The third-order valence-electron chi connectivity index (χ3n) is 4.33. The van der Waals surface area contributed by atoms with E-state index in [1.165, 1.54) is 32.2 Å². The minimum atomic E-state index is 0.0469. The molecular formula is C21H23N5OS2. The number of aliphatic imine (C=N–C) groups is 1. The highest BCUT2D eigenvalue weighted by molar-refractivity contribution is 7.98. The van der Waals surface area contributed by atoms with Gasteiger partial charge < -0.3 is 16.8 Å². The zero-order valence-corrected chi connectivity index (χ0v) is 17.7. The number of hydrogen-bond donors (Lipinski definition) is 3. The predicted octanol–water partition coefficient (Wildman–Crippen LogP) is 3.71. The Balaban J connectivity index is 1.73. The maximum atomic E-state index is 10.8. The number of nitrogens with zero attached hydrogens (tertiary/aromatic N) is 2. The van der Waals surface area contributed by atoms with Gasteiger partial charge in [0, 0.05) is 16.2 Å². The lowest BCUT2D eigenvalue weighted by molar-refractivity contribution is -0.105. The van der Waals surface area contributed by atoms with Crippen molar-refractivity contribution in [2.24, 2.45) is 16.5 Å². The summed E-state index contributed by atoms with van der Waals surface area (Å²) in [5.74, 6) is 0.0469. The third kappa shape index (κ3) is 6.07. The van der Waals surface area contributed by atoms with Gasteiger partial charge in [0.05, 0.1) is 11.4 Å². The summed E-state index contributed by atoms with van der Waals surface area (Å²) in [7, 11) is 0.